The van der Waals surface area contributed by atoms with Crippen molar-refractivity contribution >= 4 is 11.8 Å². The highest BCUT2D eigenvalue weighted by atomic mass is 16.5. The van der Waals surface area contributed by atoms with Gasteiger partial charge in [-0.3, -0.25) is 0 Å². The van der Waals surface area contributed by atoms with E-state index < -0.39 is 0 Å². The molecule has 0 saturated carbocycles. The van der Waals surface area contributed by atoms with E-state index >= 15 is 0 Å². The first-order valence-corrected chi connectivity index (χ1v) is 11.1. The number of morpholine rings is 1. The van der Waals surface area contributed by atoms with Crippen molar-refractivity contribution in [3.8, 4) is 0 Å². The number of hydrogen-bond acceptors (Lipinski definition) is 6. The maximum Gasteiger partial charge on any atom is 0.191 e. The van der Waals surface area contributed by atoms with Gasteiger partial charge in [0.2, 0.25) is 0 Å². The Balaban J connectivity index is 1.41. The number of aromatic nitrogens is 1. The number of ether oxygens (including phenoxy) is 2. The van der Waals surface area contributed by atoms with Crippen molar-refractivity contribution in [2.45, 2.75) is 52.6 Å². The highest BCUT2D eigenvalue weighted by Crippen LogP contribution is 2.18. The van der Waals surface area contributed by atoms with Gasteiger partial charge in [-0.1, -0.05) is 6.07 Å². The summed E-state index contributed by atoms with van der Waals surface area (Å²) in [7, 11) is 0. The number of aliphatic imine (C=N–C) groups is 1. The molecule has 2 aromatic rings. The Hall–Kier alpha value is -2.58. The summed E-state index contributed by atoms with van der Waals surface area (Å²) in [6.45, 7) is 11.4. The molecule has 1 aliphatic rings. The molecule has 2 unspecified atom stereocenters. The molecule has 1 saturated heterocycles. The molecular weight excluding hydrogens is 394 g/mol. The maximum absolute atomic E-state index is 5.81. The summed E-state index contributed by atoms with van der Waals surface area (Å²) in [5.74, 6) is 2.64. The number of anilines is 1. The SMILES string of the molecule is CCNC(=NCc1ccc(N2CC(C)OC(C)C2)nc1)NCCCOCc1ccco1. The topological polar surface area (TPSA) is 84.2 Å². The van der Waals surface area contributed by atoms with Gasteiger partial charge in [0.1, 0.15) is 18.2 Å². The van der Waals surface area contributed by atoms with E-state index in [4.69, 9.17) is 13.9 Å². The van der Waals surface area contributed by atoms with Gasteiger partial charge < -0.3 is 29.4 Å². The molecule has 31 heavy (non-hydrogen) atoms. The fourth-order valence-corrected chi connectivity index (χ4v) is 3.52. The van der Waals surface area contributed by atoms with Crippen molar-refractivity contribution in [1.82, 2.24) is 15.6 Å². The van der Waals surface area contributed by atoms with Crippen LogP contribution in [0.15, 0.2) is 46.1 Å². The number of rotatable bonds is 10. The fraction of sp³-hybridized carbons (Fsp3) is 0.565. The van der Waals surface area contributed by atoms with Gasteiger partial charge in [0.05, 0.1) is 25.0 Å². The quantitative estimate of drug-likeness (QED) is 0.341. The van der Waals surface area contributed by atoms with E-state index in [1.54, 1.807) is 6.26 Å². The smallest absolute Gasteiger partial charge is 0.191 e. The summed E-state index contributed by atoms with van der Waals surface area (Å²) >= 11 is 0. The van der Waals surface area contributed by atoms with Crippen LogP contribution in [-0.4, -0.2) is 55.9 Å². The zero-order valence-corrected chi connectivity index (χ0v) is 18.8. The van der Waals surface area contributed by atoms with Crippen LogP contribution in [0.4, 0.5) is 5.82 Å². The van der Waals surface area contributed by atoms with E-state index in [1.165, 1.54) is 0 Å². The number of guanidine groups is 1. The Kier molecular flexibility index (Phi) is 9.17. The lowest BCUT2D eigenvalue weighted by Crippen LogP contribution is -2.45. The first-order chi connectivity index (χ1) is 15.1. The molecule has 0 spiro atoms. The van der Waals surface area contributed by atoms with Crippen LogP contribution in [0.2, 0.25) is 0 Å². The van der Waals surface area contributed by atoms with Gasteiger partial charge in [-0.25, -0.2) is 9.98 Å². The van der Waals surface area contributed by atoms with Gasteiger partial charge >= 0.3 is 0 Å². The minimum atomic E-state index is 0.221. The normalized spacial score (nSPS) is 19.5. The molecule has 0 aromatic carbocycles. The lowest BCUT2D eigenvalue weighted by molar-refractivity contribution is -0.00545. The number of nitrogens with one attached hydrogen (secondary N) is 2. The van der Waals surface area contributed by atoms with Gasteiger partial charge in [0, 0.05) is 39.0 Å². The highest BCUT2D eigenvalue weighted by Gasteiger charge is 2.22. The lowest BCUT2D eigenvalue weighted by atomic mass is 10.2. The average molecular weight is 430 g/mol. The third kappa shape index (κ3) is 7.88. The second-order valence-corrected chi connectivity index (χ2v) is 7.79. The molecule has 0 radical (unpaired) electrons. The van der Waals surface area contributed by atoms with Crippen molar-refractivity contribution in [3.05, 3.63) is 48.0 Å². The Bertz CT molecular complexity index is 769. The van der Waals surface area contributed by atoms with Gasteiger partial charge in [-0.15, -0.1) is 0 Å². The molecule has 2 atom stereocenters. The van der Waals surface area contributed by atoms with Crippen molar-refractivity contribution in [3.63, 3.8) is 0 Å². The van der Waals surface area contributed by atoms with Gasteiger partial charge in [-0.05, 0) is 51.0 Å². The largest absolute Gasteiger partial charge is 0.467 e. The van der Waals surface area contributed by atoms with E-state index in [1.807, 2.05) is 18.3 Å². The van der Waals surface area contributed by atoms with Crippen LogP contribution >= 0.6 is 0 Å². The molecule has 0 bridgehead atoms. The van der Waals surface area contributed by atoms with Crippen molar-refractivity contribution in [1.29, 1.82) is 0 Å². The van der Waals surface area contributed by atoms with E-state index in [-0.39, 0.29) is 12.2 Å². The van der Waals surface area contributed by atoms with Gasteiger partial charge in [0.15, 0.2) is 5.96 Å². The van der Waals surface area contributed by atoms with E-state index in [9.17, 15) is 0 Å². The summed E-state index contributed by atoms with van der Waals surface area (Å²) in [5, 5.41) is 6.63. The molecule has 8 heteroatoms. The van der Waals surface area contributed by atoms with Crippen molar-refractivity contribution in [2.24, 2.45) is 4.99 Å². The molecule has 0 aliphatic carbocycles. The number of furan rings is 1. The maximum atomic E-state index is 5.81. The Morgan fingerprint density at radius 1 is 1.23 bits per heavy atom. The Morgan fingerprint density at radius 3 is 2.74 bits per heavy atom. The molecule has 0 amide bonds. The second kappa shape index (κ2) is 12.3. The Labute approximate surface area is 185 Å². The molecule has 1 fully saturated rings. The van der Waals surface area contributed by atoms with Crippen LogP contribution in [0.1, 0.15) is 38.5 Å². The zero-order chi connectivity index (χ0) is 21.9. The predicted octanol–water partition coefficient (Wildman–Crippen LogP) is 2.95. The molecular formula is C23H35N5O3. The highest BCUT2D eigenvalue weighted by molar-refractivity contribution is 5.79. The van der Waals surface area contributed by atoms with Gasteiger partial charge in [-0.2, -0.15) is 0 Å². The average Bonchev–Trinajstić information content (AvgIpc) is 3.27. The summed E-state index contributed by atoms with van der Waals surface area (Å²) in [4.78, 5) is 11.6. The number of pyridine rings is 1. The van der Waals surface area contributed by atoms with E-state index in [0.29, 0.717) is 19.8 Å². The summed E-state index contributed by atoms with van der Waals surface area (Å²) in [6, 6.07) is 7.96. The molecule has 170 valence electrons. The molecule has 3 heterocycles. The summed E-state index contributed by atoms with van der Waals surface area (Å²) in [5.41, 5.74) is 1.08. The summed E-state index contributed by atoms with van der Waals surface area (Å²) < 4.78 is 16.7. The monoisotopic (exact) mass is 429 g/mol. The van der Waals surface area contributed by atoms with Crippen LogP contribution in [0.5, 0.6) is 0 Å². The Morgan fingerprint density at radius 2 is 2.06 bits per heavy atom. The predicted molar refractivity (Wildman–Crippen MR) is 122 cm³/mol. The fourth-order valence-electron chi connectivity index (χ4n) is 3.52. The third-order valence-corrected chi connectivity index (χ3v) is 4.90. The van der Waals surface area contributed by atoms with E-state index in [2.05, 4.69) is 58.4 Å². The van der Waals surface area contributed by atoms with Gasteiger partial charge in [0.25, 0.3) is 0 Å². The number of hydrogen-bond donors (Lipinski definition) is 2. The molecule has 2 aromatic heterocycles. The molecule has 2 N–H and O–H groups in total. The lowest BCUT2D eigenvalue weighted by Gasteiger charge is -2.36. The van der Waals surface area contributed by atoms with E-state index in [0.717, 1.165) is 55.7 Å². The first-order valence-electron chi connectivity index (χ1n) is 11.1. The van der Waals surface area contributed by atoms with Crippen LogP contribution in [-0.2, 0) is 22.6 Å². The standard InChI is InChI=1S/C23H35N5O3/c1-4-24-23(25-10-6-11-29-17-21-7-5-12-30-21)27-14-20-8-9-22(26-13-20)28-15-18(2)31-19(3)16-28/h5,7-9,12-13,18-19H,4,6,10-11,14-17H2,1-3H3,(H2,24,25,27). The number of nitrogens with zero attached hydrogens (tertiary/aromatic N) is 3. The molecule has 3 rings (SSSR count). The van der Waals surface area contributed by atoms with Crippen molar-refractivity contribution < 1.29 is 13.9 Å². The van der Waals surface area contributed by atoms with Crippen molar-refractivity contribution in [2.75, 3.05) is 37.7 Å². The van der Waals surface area contributed by atoms with Crippen LogP contribution in [0, 0.1) is 0 Å². The first kappa shape index (κ1) is 23.1. The summed E-state index contributed by atoms with van der Waals surface area (Å²) in [6.07, 6.45) is 4.90. The molecule has 8 nitrogen and oxygen atoms in total. The zero-order valence-electron chi connectivity index (χ0n) is 18.8. The minimum Gasteiger partial charge on any atom is -0.467 e. The minimum absolute atomic E-state index is 0.221. The molecule has 1 aliphatic heterocycles. The third-order valence-electron chi connectivity index (χ3n) is 4.90. The second-order valence-electron chi connectivity index (χ2n) is 7.79. The van der Waals surface area contributed by atoms with Crippen LogP contribution in [0.3, 0.4) is 0 Å². The van der Waals surface area contributed by atoms with Crippen LogP contribution < -0.4 is 15.5 Å². The van der Waals surface area contributed by atoms with Crippen LogP contribution in [0.25, 0.3) is 0 Å².